The predicted octanol–water partition coefficient (Wildman–Crippen LogP) is 1.10. The van der Waals surface area contributed by atoms with Gasteiger partial charge in [-0.25, -0.2) is 8.78 Å². The fourth-order valence-corrected chi connectivity index (χ4v) is 1.71. The Labute approximate surface area is 75.1 Å². The largest absolute Gasteiger partial charge is 0.481 e. The Kier molecular flexibility index (Phi) is 3.19. The van der Waals surface area contributed by atoms with Gasteiger partial charge < -0.3 is 10.4 Å². The van der Waals surface area contributed by atoms with Gasteiger partial charge in [0.2, 0.25) is 6.43 Å². The lowest BCUT2D eigenvalue weighted by Crippen LogP contribution is -2.46. The number of rotatable bonds is 3. The van der Waals surface area contributed by atoms with Crippen LogP contribution in [0, 0.1) is 5.41 Å². The van der Waals surface area contributed by atoms with Gasteiger partial charge in [0.15, 0.2) is 0 Å². The maximum Gasteiger partial charge on any atom is 0.311 e. The Morgan fingerprint density at radius 2 is 2.31 bits per heavy atom. The number of carboxylic acids is 1. The molecule has 76 valence electrons. The third-order valence-corrected chi connectivity index (χ3v) is 2.47. The van der Waals surface area contributed by atoms with E-state index < -0.39 is 24.2 Å². The molecule has 13 heavy (non-hydrogen) atoms. The van der Waals surface area contributed by atoms with Crippen LogP contribution in [-0.2, 0) is 4.79 Å². The molecule has 0 aromatic heterocycles. The van der Waals surface area contributed by atoms with Gasteiger partial charge in [-0.1, -0.05) is 0 Å². The van der Waals surface area contributed by atoms with E-state index in [-0.39, 0.29) is 6.54 Å². The van der Waals surface area contributed by atoms with Crippen LogP contribution in [0.4, 0.5) is 8.78 Å². The standard InChI is InChI=1S/C8H13F2NO2/c9-6(10)4-8(7(12)13)2-1-3-11-5-8/h6,11H,1-5H2,(H,12,13). The third-order valence-electron chi connectivity index (χ3n) is 2.47. The number of aliphatic carboxylic acids is 1. The normalized spacial score (nSPS) is 29.2. The second kappa shape index (κ2) is 4.00. The van der Waals surface area contributed by atoms with Crippen molar-refractivity contribution in [2.24, 2.45) is 5.41 Å². The first-order chi connectivity index (χ1) is 6.07. The number of halogens is 2. The molecule has 1 atom stereocenters. The summed E-state index contributed by atoms with van der Waals surface area (Å²) in [5.74, 6) is -1.11. The van der Waals surface area contributed by atoms with E-state index in [0.717, 1.165) is 6.54 Å². The monoisotopic (exact) mass is 193 g/mol. The molecule has 1 unspecified atom stereocenters. The summed E-state index contributed by atoms with van der Waals surface area (Å²) in [7, 11) is 0. The Bertz CT molecular complexity index is 191. The Morgan fingerprint density at radius 3 is 2.69 bits per heavy atom. The Balaban J connectivity index is 2.67. The topological polar surface area (TPSA) is 49.3 Å². The third kappa shape index (κ3) is 2.37. The fraction of sp³-hybridized carbons (Fsp3) is 0.875. The lowest BCUT2D eigenvalue weighted by molar-refractivity contribution is -0.153. The highest BCUT2D eigenvalue weighted by Gasteiger charge is 2.41. The highest BCUT2D eigenvalue weighted by Crippen LogP contribution is 2.33. The average Bonchev–Trinajstić information content (AvgIpc) is 2.04. The first kappa shape index (κ1) is 10.4. The molecule has 1 fully saturated rings. The van der Waals surface area contributed by atoms with Crippen LogP contribution in [0.1, 0.15) is 19.3 Å². The van der Waals surface area contributed by atoms with Crippen LogP contribution < -0.4 is 5.32 Å². The van der Waals surface area contributed by atoms with Crippen LogP contribution >= 0.6 is 0 Å². The van der Waals surface area contributed by atoms with Crippen molar-refractivity contribution in [3.8, 4) is 0 Å². The van der Waals surface area contributed by atoms with Crippen molar-refractivity contribution in [2.45, 2.75) is 25.7 Å². The van der Waals surface area contributed by atoms with Crippen LogP contribution in [0.2, 0.25) is 0 Å². The first-order valence-corrected chi connectivity index (χ1v) is 4.29. The van der Waals surface area contributed by atoms with E-state index in [4.69, 9.17) is 5.11 Å². The SMILES string of the molecule is O=C(O)C1(CC(F)F)CCCNC1. The first-order valence-electron chi connectivity index (χ1n) is 4.29. The van der Waals surface area contributed by atoms with Crippen LogP contribution in [0.3, 0.4) is 0 Å². The molecule has 0 saturated carbocycles. The van der Waals surface area contributed by atoms with E-state index in [0.29, 0.717) is 12.8 Å². The predicted molar refractivity (Wildman–Crippen MR) is 42.8 cm³/mol. The van der Waals surface area contributed by atoms with Crippen molar-refractivity contribution in [1.29, 1.82) is 0 Å². The second-order valence-corrected chi connectivity index (χ2v) is 3.46. The molecule has 0 spiro atoms. The Morgan fingerprint density at radius 1 is 1.62 bits per heavy atom. The summed E-state index contributed by atoms with van der Waals surface area (Å²) in [5.41, 5.74) is -1.24. The fourth-order valence-electron chi connectivity index (χ4n) is 1.71. The minimum atomic E-state index is -2.55. The van der Waals surface area contributed by atoms with Crippen molar-refractivity contribution < 1.29 is 18.7 Å². The second-order valence-electron chi connectivity index (χ2n) is 3.46. The molecule has 1 aliphatic heterocycles. The summed E-state index contributed by atoms with van der Waals surface area (Å²) < 4.78 is 24.3. The molecular formula is C8H13F2NO2. The van der Waals surface area contributed by atoms with Crippen LogP contribution in [-0.4, -0.2) is 30.6 Å². The summed E-state index contributed by atoms with van der Waals surface area (Å²) in [5, 5.41) is 11.7. The average molecular weight is 193 g/mol. The summed E-state index contributed by atoms with van der Waals surface area (Å²) in [6.07, 6.45) is -2.09. The minimum Gasteiger partial charge on any atom is -0.481 e. The zero-order chi connectivity index (χ0) is 9.90. The molecule has 0 aromatic carbocycles. The van der Waals surface area contributed by atoms with Gasteiger partial charge in [-0.3, -0.25) is 4.79 Å². The lowest BCUT2D eigenvalue weighted by atomic mass is 9.78. The van der Waals surface area contributed by atoms with E-state index in [1.165, 1.54) is 0 Å². The van der Waals surface area contributed by atoms with E-state index in [1.807, 2.05) is 0 Å². The number of hydrogen-bond donors (Lipinski definition) is 2. The van der Waals surface area contributed by atoms with E-state index in [1.54, 1.807) is 0 Å². The van der Waals surface area contributed by atoms with Crippen molar-refractivity contribution in [3.63, 3.8) is 0 Å². The maximum atomic E-state index is 12.1. The molecule has 0 amide bonds. The van der Waals surface area contributed by atoms with Gasteiger partial charge in [0.25, 0.3) is 0 Å². The number of nitrogens with one attached hydrogen (secondary N) is 1. The number of carboxylic acid groups (broad SMARTS) is 1. The number of alkyl halides is 2. The van der Waals surface area contributed by atoms with Crippen molar-refractivity contribution in [2.75, 3.05) is 13.1 Å². The minimum absolute atomic E-state index is 0.159. The molecule has 3 nitrogen and oxygen atoms in total. The molecule has 1 rings (SSSR count). The molecular weight excluding hydrogens is 180 g/mol. The molecule has 1 heterocycles. The van der Waals surface area contributed by atoms with Gasteiger partial charge in [0.05, 0.1) is 5.41 Å². The summed E-state index contributed by atoms with van der Waals surface area (Å²) in [6.45, 7) is 0.880. The van der Waals surface area contributed by atoms with Gasteiger partial charge in [0, 0.05) is 13.0 Å². The maximum absolute atomic E-state index is 12.1. The molecule has 0 aromatic rings. The van der Waals surface area contributed by atoms with Crippen LogP contribution in [0.15, 0.2) is 0 Å². The molecule has 2 N–H and O–H groups in total. The van der Waals surface area contributed by atoms with E-state index >= 15 is 0 Å². The quantitative estimate of drug-likeness (QED) is 0.705. The van der Waals surface area contributed by atoms with Crippen LogP contribution in [0.25, 0.3) is 0 Å². The smallest absolute Gasteiger partial charge is 0.311 e. The van der Waals surface area contributed by atoms with Gasteiger partial charge in [-0.15, -0.1) is 0 Å². The van der Waals surface area contributed by atoms with Crippen molar-refractivity contribution >= 4 is 5.97 Å². The van der Waals surface area contributed by atoms with Gasteiger partial charge in [-0.05, 0) is 19.4 Å². The number of carbonyl (C=O) groups is 1. The van der Waals surface area contributed by atoms with Gasteiger partial charge in [0.1, 0.15) is 0 Å². The van der Waals surface area contributed by atoms with Crippen LogP contribution in [0.5, 0.6) is 0 Å². The highest BCUT2D eigenvalue weighted by molar-refractivity contribution is 5.75. The number of hydrogen-bond acceptors (Lipinski definition) is 2. The molecule has 1 aliphatic rings. The summed E-state index contributed by atoms with van der Waals surface area (Å²) in [6, 6.07) is 0. The highest BCUT2D eigenvalue weighted by atomic mass is 19.3. The Hall–Kier alpha value is -0.710. The summed E-state index contributed by atoms with van der Waals surface area (Å²) in [4.78, 5) is 10.8. The molecule has 0 aliphatic carbocycles. The number of piperidine rings is 1. The van der Waals surface area contributed by atoms with Crippen molar-refractivity contribution in [1.82, 2.24) is 5.32 Å². The van der Waals surface area contributed by atoms with E-state index in [9.17, 15) is 13.6 Å². The molecule has 1 saturated heterocycles. The van der Waals surface area contributed by atoms with Gasteiger partial charge >= 0.3 is 5.97 Å². The summed E-state index contributed by atoms with van der Waals surface area (Å²) >= 11 is 0. The van der Waals surface area contributed by atoms with E-state index in [2.05, 4.69) is 5.32 Å². The van der Waals surface area contributed by atoms with Crippen molar-refractivity contribution in [3.05, 3.63) is 0 Å². The molecule has 5 heteroatoms. The zero-order valence-electron chi connectivity index (χ0n) is 7.22. The lowest BCUT2D eigenvalue weighted by Gasteiger charge is -2.33. The molecule has 0 bridgehead atoms. The van der Waals surface area contributed by atoms with Gasteiger partial charge in [-0.2, -0.15) is 0 Å². The molecule has 0 radical (unpaired) electrons. The zero-order valence-corrected chi connectivity index (χ0v) is 7.22.